The number of nitrogens with zero attached hydrogens (tertiary/aromatic N) is 1. The first-order chi connectivity index (χ1) is 15.1. The lowest BCUT2D eigenvalue weighted by atomic mass is 10.1. The highest BCUT2D eigenvalue weighted by molar-refractivity contribution is 5.94. The zero-order valence-electron chi connectivity index (χ0n) is 17.0. The van der Waals surface area contributed by atoms with Crippen LogP contribution in [0.5, 0.6) is 0 Å². The van der Waals surface area contributed by atoms with E-state index in [4.69, 9.17) is 11.5 Å². The largest absolute Gasteiger partial charge is 0.355 e. The summed E-state index contributed by atoms with van der Waals surface area (Å²) in [6.07, 6.45) is 0.801. The van der Waals surface area contributed by atoms with Gasteiger partial charge in [0.15, 0.2) is 11.6 Å². The molecule has 1 aromatic carbocycles. The van der Waals surface area contributed by atoms with E-state index in [1.807, 2.05) is 5.92 Å². The van der Waals surface area contributed by atoms with E-state index in [2.05, 4.69) is 21.5 Å². The van der Waals surface area contributed by atoms with Crippen molar-refractivity contribution in [3.8, 4) is 11.8 Å². The lowest BCUT2D eigenvalue weighted by Gasteiger charge is -2.13. The van der Waals surface area contributed by atoms with Crippen molar-refractivity contribution in [2.75, 3.05) is 11.9 Å². The van der Waals surface area contributed by atoms with Gasteiger partial charge < -0.3 is 22.1 Å². The number of aromatic nitrogens is 1. The van der Waals surface area contributed by atoms with E-state index in [1.54, 1.807) is 6.92 Å². The number of hydrogen-bond donors (Lipinski definition) is 4. The summed E-state index contributed by atoms with van der Waals surface area (Å²) in [6.45, 7) is 1.89. The molecule has 1 aromatic heterocycles. The summed E-state index contributed by atoms with van der Waals surface area (Å²) in [7, 11) is 0. The van der Waals surface area contributed by atoms with Gasteiger partial charge in [-0.1, -0.05) is 11.8 Å². The van der Waals surface area contributed by atoms with Crippen molar-refractivity contribution in [3.63, 3.8) is 0 Å². The molecule has 170 valence electrons. The van der Waals surface area contributed by atoms with Gasteiger partial charge in [-0.05, 0) is 44.0 Å². The lowest BCUT2D eigenvalue weighted by Crippen LogP contribution is -2.40. The molecule has 7 nitrogen and oxygen atoms in total. The average Bonchev–Trinajstić information content (AvgIpc) is 2.75. The third-order valence-electron chi connectivity index (χ3n) is 4.22. The molecule has 0 bridgehead atoms. The minimum absolute atomic E-state index is 0.272. The van der Waals surface area contributed by atoms with E-state index >= 15 is 0 Å². The maximum Gasteiger partial charge on any atom is 0.253 e. The molecule has 2 rings (SSSR count). The summed E-state index contributed by atoms with van der Waals surface area (Å²) in [5, 5.41) is 5.21. The van der Waals surface area contributed by atoms with Crippen LogP contribution >= 0.6 is 0 Å². The maximum absolute atomic E-state index is 13.6. The van der Waals surface area contributed by atoms with Crippen LogP contribution in [-0.2, 0) is 9.59 Å². The number of nitrogens with two attached hydrogens (primary N) is 2. The first-order valence-electron chi connectivity index (χ1n) is 9.52. The van der Waals surface area contributed by atoms with Crippen LogP contribution in [0.4, 0.5) is 23.2 Å². The third kappa shape index (κ3) is 6.76. The number of carbonyl (C=O) groups is 2. The van der Waals surface area contributed by atoms with Crippen molar-refractivity contribution < 1.29 is 27.2 Å². The van der Waals surface area contributed by atoms with Crippen LogP contribution < -0.4 is 22.1 Å². The number of nitrogens with one attached hydrogen (secondary N) is 2. The molecule has 11 heteroatoms. The van der Waals surface area contributed by atoms with Gasteiger partial charge in [-0.25, -0.2) is 8.78 Å². The average molecular weight is 451 g/mol. The fraction of sp³-hybridized carbons (Fsp3) is 0.286. The molecule has 2 aromatic rings. The summed E-state index contributed by atoms with van der Waals surface area (Å²) in [5.74, 6) is -3.29. The van der Waals surface area contributed by atoms with Crippen molar-refractivity contribution in [1.29, 1.82) is 0 Å². The molecule has 2 atom stereocenters. The fourth-order valence-electron chi connectivity index (χ4n) is 2.43. The van der Waals surface area contributed by atoms with Crippen LogP contribution in [-0.4, -0.2) is 35.4 Å². The number of rotatable bonds is 7. The van der Waals surface area contributed by atoms with E-state index < -0.39 is 47.1 Å². The van der Waals surface area contributed by atoms with Crippen molar-refractivity contribution in [1.82, 2.24) is 10.3 Å². The minimum Gasteiger partial charge on any atom is -0.355 e. The Morgan fingerprint density at radius 1 is 1.00 bits per heavy atom. The second-order valence-electron chi connectivity index (χ2n) is 6.84. The Balaban J connectivity index is 1.93. The second-order valence-corrected chi connectivity index (χ2v) is 6.84. The molecule has 1 heterocycles. The van der Waals surface area contributed by atoms with Gasteiger partial charge >= 0.3 is 0 Å². The second kappa shape index (κ2) is 11.2. The molecule has 6 N–H and O–H groups in total. The highest BCUT2D eigenvalue weighted by Crippen LogP contribution is 2.16. The molecule has 0 unspecified atom stereocenters. The van der Waals surface area contributed by atoms with E-state index in [9.17, 15) is 27.2 Å². The number of anilines is 1. The van der Waals surface area contributed by atoms with Crippen LogP contribution in [0.1, 0.15) is 30.9 Å². The van der Waals surface area contributed by atoms with Gasteiger partial charge in [0.2, 0.25) is 11.8 Å². The highest BCUT2D eigenvalue weighted by atomic mass is 19.2. The molecule has 0 aliphatic heterocycles. The van der Waals surface area contributed by atoms with Crippen LogP contribution in [0, 0.1) is 35.4 Å². The number of hydrogen-bond acceptors (Lipinski definition) is 5. The summed E-state index contributed by atoms with van der Waals surface area (Å²) in [6, 6.07) is 4.37. The van der Waals surface area contributed by atoms with Gasteiger partial charge in [-0.3, -0.25) is 9.59 Å². The summed E-state index contributed by atoms with van der Waals surface area (Å²) < 4.78 is 53.4. The zero-order chi connectivity index (χ0) is 23.8. The third-order valence-corrected chi connectivity index (χ3v) is 4.22. The molecule has 0 spiro atoms. The maximum atomic E-state index is 13.6. The van der Waals surface area contributed by atoms with Gasteiger partial charge in [0.25, 0.3) is 11.9 Å². The van der Waals surface area contributed by atoms with E-state index in [1.165, 1.54) is 24.3 Å². The Morgan fingerprint density at radius 3 is 2.16 bits per heavy atom. The number of pyridine rings is 1. The van der Waals surface area contributed by atoms with Crippen LogP contribution in [0.15, 0.2) is 24.3 Å². The van der Waals surface area contributed by atoms with Gasteiger partial charge in [0, 0.05) is 17.8 Å². The van der Waals surface area contributed by atoms with Gasteiger partial charge in [0.05, 0.1) is 12.1 Å². The van der Waals surface area contributed by atoms with Crippen molar-refractivity contribution in [2.24, 2.45) is 11.5 Å². The predicted molar refractivity (Wildman–Crippen MR) is 109 cm³/mol. The van der Waals surface area contributed by atoms with E-state index in [0.29, 0.717) is 25.1 Å². The predicted octanol–water partition coefficient (Wildman–Crippen LogP) is 1.55. The molecule has 0 saturated heterocycles. The van der Waals surface area contributed by atoms with Crippen molar-refractivity contribution >= 4 is 17.5 Å². The molecule has 0 aliphatic rings. The normalized spacial score (nSPS) is 12.3. The van der Waals surface area contributed by atoms with E-state index in [0.717, 1.165) is 0 Å². The minimum atomic E-state index is -1.79. The Labute approximate surface area is 181 Å². The first-order valence-corrected chi connectivity index (χ1v) is 9.52. The Hall–Kier alpha value is -3.49. The van der Waals surface area contributed by atoms with Crippen molar-refractivity contribution in [2.45, 2.75) is 31.8 Å². The monoisotopic (exact) mass is 451 g/mol. The molecule has 0 radical (unpaired) electrons. The summed E-state index contributed by atoms with van der Waals surface area (Å²) in [5.41, 5.74) is 10.8. The molecule has 0 saturated carbocycles. The topological polar surface area (TPSA) is 123 Å². The van der Waals surface area contributed by atoms with Gasteiger partial charge in [-0.15, -0.1) is 0 Å². The Morgan fingerprint density at radius 2 is 1.59 bits per heavy atom. The number of amides is 2. The van der Waals surface area contributed by atoms with Gasteiger partial charge in [0.1, 0.15) is 5.56 Å². The molecule has 0 aliphatic carbocycles. The summed E-state index contributed by atoms with van der Waals surface area (Å²) in [4.78, 5) is 26.0. The molecule has 32 heavy (non-hydrogen) atoms. The Kier molecular flexibility index (Phi) is 8.69. The summed E-state index contributed by atoms with van der Waals surface area (Å²) >= 11 is 0. The highest BCUT2D eigenvalue weighted by Gasteiger charge is 2.19. The number of halogens is 4. The van der Waals surface area contributed by atoms with Crippen LogP contribution in [0.3, 0.4) is 0 Å². The molecule has 0 fully saturated rings. The molecular formula is C21H21F4N5O2. The number of carbonyl (C=O) groups excluding carboxylic acids is 2. The number of benzene rings is 1. The fourth-order valence-corrected chi connectivity index (χ4v) is 2.43. The lowest BCUT2D eigenvalue weighted by molar-refractivity contribution is -0.121. The van der Waals surface area contributed by atoms with E-state index in [-0.39, 0.29) is 11.5 Å². The quantitative estimate of drug-likeness (QED) is 0.220. The molecular weight excluding hydrogens is 430 g/mol. The SMILES string of the molecule is C[C@H](N)C(=O)NCCC[C@H](N)C(=O)Nc1ccc(C#Cc2c(F)c(F)nc(F)c2F)cc1. The Bertz CT molecular complexity index is 1020. The van der Waals surface area contributed by atoms with Crippen LogP contribution in [0.25, 0.3) is 0 Å². The zero-order valence-corrected chi connectivity index (χ0v) is 17.0. The van der Waals surface area contributed by atoms with Crippen molar-refractivity contribution in [3.05, 3.63) is 58.9 Å². The van der Waals surface area contributed by atoms with Crippen LogP contribution in [0.2, 0.25) is 0 Å². The first kappa shape index (κ1) is 24.8. The standard InChI is InChI=1S/C21H21F4N5O2/c1-11(26)20(31)28-10-2-3-15(27)21(32)29-13-7-4-12(5-8-13)6-9-14-16(22)18(24)30-19(25)17(14)23/h4-5,7-8,11,15H,2-3,10,26-27H2,1H3,(H,28,31)(H,29,32)/t11-,15-/m0/s1. The van der Waals surface area contributed by atoms with Gasteiger partial charge in [-0.2, -0.15) is 13.8 Å². The smallest absolute Gasteiger partial charge is 0.253 e. The molecule has 2 amide bonds.